The molecule has 4 atom stereocenters. The molecule has 3 aliphatic rings. The minimum atomic E-state index is 0.273. The monoisotopic (exact) mass is 322 g/mol. The average molecular weight is 323 g/mol. The number of nitrogens with zero attached hydrogens (tertiary/aromatic N) is 4. The molecule has 3 aliphatic heterocycles. The number of hydrogen-bond acceptors (Lipinski definition) is 4. The van der Waals surface area contributed by atoms with Crippen molar-refractivity contribution >= 4 is 0 Å². The zero-order valence-corrected chi connectivity index (χ0v) is 16.4. The molecule has 0 radical (unpaired) electrons. The molecular formula is C19H38N4. The second-order valence-corrected chi connectivity index (χ2v) is 9.56. The third kappa shape index (κ3) is 3.46. The van der Waals surface area contributed by atoms with E-state index in [4.69, 9.17) is 0 Å². The Hall–Kier alpha value is -0.160. The summed E-state index contributed by atoms with van der Waals surface area (Å²) in [5.41, 5.74) is 0.273. The molecule has 23 heavy (non-hydrogen) atoms. The first-order valence-electron chi connectivity index (χ1n) is 9.67. The van der Waals surface area contributed by atoms with E-state index in [1.54, 1.807) is 0 Å². The Morgan fingerprint density at radius 2 is 1.52 bits per heavy atom. The quantitative estimate of drug-likeness (QED) is 0.790. The third-order valence-corrected chi connectivity index (χ3v) is 6.21. The lowest BCUT2D eigenvalue weighted by atomic mass is 9.97. The molecule has 4 nitrogen and oxygen atoms in total. The van der Waals surface area contributed by atoms with E-state index >= 15 is 0 Å². The zero-order chi connectivity index (χ0) is 16.9. The lowest BCUT2D eigenvalue weighted by Gasteiger charge is -2.52. The zero-order valence-electron chi connectivity index (χ0n) is 16.4. The highest BCUT2D eigenvalue weighted by atomic mass is 15.4. The Morgan fingerprint density at radius 1 is 0.913 bits per heavy atom. The molecule has 3 rings (SSSR count). The normalized spacial score (nSPS) is 38.1. The van der Waals surface area contributed by atoms with Crippen LogP contribution in [0, 0.1) is 0 Å². The van der Waals surface area contributed by atoms with Gasteiger partial charge in [-0.25, -0.2) is 0 Å². The molecule has 0 saturated carbocycles. The van der Waals surface area contributed by atoms with Crippen LogP contribution in [0.5, 0.6) is 0 Å². The minimum absolute atomic E-state index is 0.273. The van der Waals surface area contributed by atoms with Gasteiger partial charge in [0.2, 0.25) is 0 Å². The van der Waals surface area contributed by atoms with Crippen LogP contribution in [0.4, 0.5) is 0 Å². The predicted octanol–water partition coefficient (Wildman–Crippen LogP) is 2.30. The van der Waals surface area contributed by atoms with E-state index in [0.717, 1.165) is 12.1 Å². The van der Waals surface area contributed by atoms with Crippen LogP contribution in [0.1, 0.15) is 54.9 Å². The summed E-state index contributed by atoms with van der Waals surface area (Å²) in [5.74, 6) is 0. The Balaban J connectivity index is 1.55. The molecule has 2 bridgehead atoms. The fraction of sp³-hybridized carbons (Fsp3) is 1.00. The first-order valence-corrected chi connectivity index (χ1v) is 9.67. The van der Waals surface area contributed by atoms with E-state index in [0.29, 0.717) is 18.1 Å². The van der Waals surface area contributed by atoms with Crippen molar-refractivity contribution in [3.05, 3.63) is 0 Å². The summed E-state index contributed by atoms with van der Waals surface area (Å²) in [4.78, 5) is 10.9. The van der Waals surface area contributed by atoms with Gasteiger partial charge in [-0.3, -0.25) is 19.6 Å². The van der Waals surface area contributed by atoms with Gasteiger partial charge in [-0.2, -0.15) is 0 Å². The van der Waals surface area contributed by atoms with Crippen molar-refractivity contribution in [1.82, 2.24) is 19.6 Å². The molecule has 0 aromatic heterocycles. The Morgan fingerprint density at radius 3 is 1.96 bits per heavy atom. The molecule has 4 unspecified atom stereocenters. The highest BCUT2D eigenvalue weighted by Gasteiger charge is 2.45. The van der Waals surface area contributed by atoms with Crippen molar-refractivity contribution in [2.75, 3.05) is 32.8 Å². The number of piperazine rings is 2. The van der Waals surface area contributed by atoms with Gasteiger partial charge in [0.15, 0.2) is 0 Å². The molecular weight excluding hydrogens is 284 g/mol. The second-order valence-electron chi connectivity index (χ2n) is 9.56. The van der Waals surface area contributed by atoms with E-state index in [1.807, 2.05) is 0 Å². The van der Waals surface area contributed by atoms with Crippen LogP contribution in [-0.4, -0.2) is 88.2 Å². The van der Waals surface area contributed by atoms with Crippen molar-refractivity contribution in [1.29, 1.82) is 0 Å². The van der Waals surface area contributed by atoms with Gasteiger partial charge in [0.1, 0.15) is 0 Å². The summed E-state index contributed by atoms with van der Waals surface area (Å²) >= 11 is 0. The first kappa shape index (κ1) is 17.7. The molecule has 3 heterocycles. The standard InChI is InChI=1S/C19H38N4/c1-14(2)22-12-17-8-18(22)11-21(17)13-20-9-15(3)23(16(4)10-20)19(5,6)7/h14-18H,8-13H2,1-7H3. The molecule has 0 aromatic carbocycles. The van der Waals surface area contributed by atoms with E-state index in [2.05, 4.69) is 68.1 Å². The Kier molecular flexibility index (Phi) is 4.83. The molecule has 0 amide bonds. The lowest BCUT2D eigenvalue weighted by Crippen LogP contribution is -2.64. The number of rotatable bonds is 3. The maximum absolute atomic E-state index is 2.76. The highest BCUT2D eigenvalue weighted by molar-refractivity contribution is 5.01. The number of fused-ring (bicyclic) bond motifs is 2. The van der Waals surface area contributed by atoms with E-state index in [-0.39, 0.29) is 5.54 Å². The summed E-state index contributed by atoms with van der Waals surface area (Å²) in [6.45, 7) is 22.8. The first-order chi connectivity index (χ1) is 10.7. The largest absolute Gasteiger partial charge is 0.295 e. The lowest BCUT2D eigenvalue weighted by molar-refractivity contribution is -0.0450. The topological polar surface area (TPSA) is 13.0 Å². The maximum Gasteiger partial charge on any atom is 0.0511 e. The fourth-order valence-electron chi connectivity index (χ4n) is 5.71. The van der Waals surface area contributed by atoms with Crippen LogP contribution in [0.3, 0.4) is 0 Å². The smallest absolute Gasteiger partial charge is 0.0511 e. The fourth-order valence-corrected chi connectivity index (χ4v) is 5.71. The average Bonchev–Trinajstić information content (AvgIpc) is 2.95. The number of hydrogen-bond donors (Lipinski definition) is 0. The minimum Gasteiger partial charge on any atom is -0.295 e. The van der Waals surface area contributed by atoms with Crippen LogP contribution in [0.25, 0.3) is 0 Å². The van der Waals surface area contributed by atoms with Crippen LogP contribution in [-0.2, 0) is 0 Å². The van der Waals surface area contributed by atoms with Crippen LogP contribution < -0.4 is 0 Å². The van der Waals surface area contributed by atoms with Crippen molar-refractivity contribution in [2.24, 2.45) is 0 Å². The maximum atomic E-state index is 2.76. The van der Waals surface area contributed by atoms with Crippen molar-refractivity contribution in [3.63, 3.8) is 0 Å². The SMILES string of the molecule is CC(C)N1CC2CC1CN2CN1CC(C)N(C(C)(C)C)C(C)C1. The van der Waals surface area contributed by atoms with Crippen LogP contribution in [0.15, 0.2) is 0 Å². The molecule has 3 saturated heterocycles. The van der Waals surface area contributed by atoms with E-state index in [1.165, 1.54) is 39.3 Å². The van der Waals surface area contributed by atoms with Crippen LogP contribution in [0.2, 0.25) is 0 Å². The summed E-state index contributed by atoms with van der Waals surface area (Å²) in [7, 11) is 0. The predicted molar refractivity (Wildman–Crippen MR) is 97.7 cm³/mol. The van der Waals surface area contributed by atoms with Gasteiger partial charge < -0.3 is 0 Å². The molecule has 0 N–H and O–H groups in total. The van der Waals surface area contributed by atoms with Gasteiger partial charge in [0.25, 0.3) is 0 Å². The van der Waals surface area contributed by atoms with Crippen molar-refractivity contribution < 1.29 is 0 Å². The Bertz CT molecular complexity index is 404. The van der Waals surface area contributed by atoms with E-state index in [9.17, 15) is 0 Å². The molecule has 0 aromatic rings. The molecule has 3 fully saturated rings. The van der Waals surface area contributed by atoms with Gasteiger partial charge >= 0.3 is 0 Å². The third-order valence-electron chi connectivity index (χ3n) is 6.21. The van der Waals surface area contributed by atoms with Crippen molar-refractivity contribution in [3.8, 4) is 0 Å². The van der Waals surface area contributed by atoms with Crippen LogP contribution >= 0.6 is 0 Å². The Labute approximate surface area is 143 Å². The summed E-state index contributed by atoms with van der Waals surface area (Å²) in [6, 6.07) is 3.61. The van der Waals surface area contributed by atoms with Crippen molar-refractivity contribution in [2.45, 2.75) is 90.6 Å². The van der Waals surface area contributed by atoms with Gasteiger partial charge in [-0.1, -0.05) is 0 Å². The van der Waals surface area contributed by atoms with Gasteiger partial charge in [0, 0.05) is 61.9 Å². The van der Waals surface area contributed by atoms with Gasteiger partial charge in [0.05, 0.1) is 6.67 Å². The second kappa shape index (κ2) is 6.29. The summed E-state index contributed by atoms with van der Waals surface area (Å²) < 4.78 is 0. The molecule has 0 aliphatic carbocycles. The highest BCUT2D eigenvalue weighted by Crippen LogP contribution is 2.33. The number of likely N-dealkylation sites (tertiary alicyclic amines) is 2. The van der Waals surface area contributed by atoms with E-state index < -0.39 is 0 Å². The molecule has 4 heteroatoms. The van der Waals surface area contributed by atoms with Gasteiger partial charge in [-0.15, -0.1) is 0 Å². The molecule has 134 valence electrons. The summed E-state index contributed by atoms with van der Waals surface area (Å²) in [5, 5.41) is 0. The summed E-state index contributed by atoms with van der Waals surface area (Å²) in [6.07, 6.45) is 1.39. The molecule has 0 spiro atoms. The van der Waals surface area contributed by atoms with Gasteiger partial charge in [-0.05, 0) is 54.9 Å².